The number of methoxy groups -OCH3 is 1. The molecular formula is C25H34N4O5. The number of anilines is 1. The van der Waals surface area contributed by atoms with Crippen LogP contribution in [0.15, 0.2) is 35.5 Å². The number of hydrogen-bond acceptors (Lipinski definition) is 7. The van der Waals surface area contributed by atoms with Crippen molar-refractivity contribution in [3.05, 3.63) is 41.1 Å². The van der Waals surface area contributed by atoms with Gasteiger partial charge in [-0.2, -0.15) is 0 Å². The third kappa shape index (κ3) is 5.26. The van der Waals surface area contributed by atoms with Gasteiger partial charge in [0.05, 0.1) is 25.8 Å². The minimum absolute atomic E-state index is 0.00960. The average molecular weight is 471 g/mol. The molecule has 0 spiro atoms. The molecule has 184 valence electrons. The van der Waals surface area contributed by atoms with Crippen LogP contribution in [0.3, 0.4) is 0 Å². The number of nitrogens with one attached hydrogen (secondary N) is 1. The molecule has 0 radical (unpaired) electrons. The highest BCUT2D eigenvalue weighted by Crippen LogP contribution is 2.25. The zero-order chi connectivity index (χ0) is 24.1. The Balaban J connectivity index is 1.37. The monoisotopic (exact) mass is 470 g/mol. The smallest absolute Gasteiger partial charge is 0.337 e. The summed E-state index contributed by atoms with van der Waals surface area (Å²) in [5.74, 6) is -0.948. The van der Waals surface area contributed by atoms with Gasteiger partial charge < -0.3 is 25.0 Å². The zero-order valence-electron chi connectivity index (χ0n) is 19.8. The van der Waals surface area contributed by atoms with Gasteiger partial charge in [-0.1, -0.05) is 19.3 Å². The number of rotatable bonds is 7. The Morgan fingerprint density at radius 3 is 2.35 bits per heavy atom. The van der Waals surface area contributed by atoms with E-state index in [1.165, 1.54) is 44.1 Å². The van der Waals surface area contributed by atoms with Crippen molar-refractivity contribution in [2.45, 2.75) is 38.1 Å². The number of aliphatic hydroxyl groups excluding tert-OH is 1. The second-order valence-electron chi connectivity index (χ2n) is 9.12. The van der Waals surface area contributed by atoms with E-state index in [-0.39, 0.29) is 42.8 Å². The van der Waals surface area contributed by atoms with E-state index in [1.807, 2.05) is 4.90 Å². The van der Waals surface area contributed by atoms with Gasteiger partial charge in [0.1, 0.15) is 5.70 Å². The van der Waals surface area contributed by atoms with Crippen LogP contribution in [0.2, 0.25) is 0 Å². The maximum absolute atomic E-state index is 13.0. The standard InChI is InChI=1S/C25H34N4O5/c1-34-25(33)21-17-29(15-16-30)24(32)22(21)26-19-9-7-18(8-10-19)23(31)28-13-11-27(12-14-28)20-5-3-2-4-6-20/h7-10,20,26,30H,2-6,11-17H2,1H3. The summed E-state index contributed by atoms with van der Waals surface area (Å²) in [6.45, 7) is 3.34. The number of amides is 2. The molecule has 2 amide bonds. The second kappa shape index (κ2) is 11.0. The van der Waals surface area contributed by atoms with Gasteiger partial charge in [0.25, 0.3) is 11.8 Å². The fourth-order valence-electron chi connectivity index (χ4n) is 5.11. The van der Waals surface area contributed by atoms with Crippen LogP contribution < -0.4 is 5.32 Å². The Morgan fingerprint density at radius 1 is 1.06 bits per heavy atom. The molecule has 1 saturated carbocycles. The number of aliphatic hydroxyl groups is 1. The fraction of sp³-hybridized carbons (Fsp3) is 0.560. The van der Waals surface area contributed by atoms with E-state index in [2.05, 4.69) is 10.2 Å². The van der Waals surface area contributed by atoms with Gasteiger partial charge in [0, 0.05) is 50.0 Å². The molecule has 0 bridgehead atoms. The van der Waals surface area contributed by atoms with E-state index in [9.17, 15) is 19.5 Å². The molecule has 34 heavy (non-hydrogen) atoms. The van der Waals surface area contributed by atoms with Crippen LogP contribution in [0.1, 0.15) is 42.5 Å². The molecular weight excluding hydrogens is 436 g/mol. The Labute approximate surface area is 200 Å². The van der Waals surface area contributed by atoms with Gasteiger partial charge in [-0.3, -0.25) is 14.5 Å². The van der Waals surface area contributed by atoms with Gasteiger partial charge in [0.15, 0.2) is 0 Å². The Kier molecular flexibility index (Phi) is 7.84. The zero-order valence-corrected chi connectivity index (χ0v) is 19.8. The minimum Gasteiger partial charge on any atom is -0.466 e. The van der Waals surface area contributed by atoms with Crippen molar-refractivity contribution in [2.24, 2.45) is 0 Å². The number of β-amino-alcohol motifs (C(OH)–C–C–N with tert-alkyl or cyclic N) is 1. The molecule has 9 nitrogen and oxygen atoms in total. The van der Waals surface area contributed by atoms with Crippen LogP contribution in [0, 0.1) is 0 Å². The van der Waals surface area contributed by atoms with E-state index in [1.54, 1.807) is 24.3 Å². The predicted molar refractivity (Wildman–Crippen MR) is 127 cm³/mol. The lowest BCUT2D eigenvalue weighted by Gasteiger charge is -2.40. The number of nitrogens with zero attached hydrogens (tertiary/aromatic N) is 3. The molecule has 2 heterocycles. The molecule has 1 aromatic carbocycles. The number of benzene rings is 1. The highest BCUT2D eigenvalue weighted by atomic mass is 16.5. The lowest BCUT2D eigenvalue weighted by molar-refractivity contribution is -0.136. The first kappa shape index (κ1) is 24.2. The van der Waals surface area contributed by atoms with Crippen molar-refractivity contribution in [3.8, 4) is 0 Å². The molecule has 2 fully saturated rings. The third-order valence-electron chi connectivity index (χ3n) is 7.05. The van der Waals surface area contributed by atoms with E-state index in [0.717, 1.165) is 26.2 Å². The molecule has 0 aromatic heterocycles. The summed E-state index contributed by atoms with van der Waals surface area (Å²) in [4.78, 5) is 43.7. The number of esters is 1. The maximum Gasteiger partial charge on any atom is 0.337 e. The van der Waals surface area contributed by atoms with Crippen molar-refractivity contribution >= 4 is 23.5 Å². The highest BCUT2D eigenvalue weighted by Gasteiger charge is 2.34. The van der Waals surface area contributed by atoms with E-state index >= 15 is 0 Å². The molecule has 1 aromatic rings. The van der Waals surface area contributed by atoms with Gasteiger partial charge in [-0.15, -0.1) is 0 Å². The predicted octanol–water partition coefficient (Wildman–Crippen LogP) is 1.45. The molecule has 1 aliphatic carbocycles. The van der Waals surface area contributed by atoms with Crippen molar-refractivity contribution in [1.82, 2.24) is 14.7 Å². The molecule has 9 heteroatoms. The van der Waals surface area contributed by atoms with Crippen molar-refractivity contribution in [1.29, 1.82) is 0 Å². The van der Waals surface area contributed by atoms with E-state index in [0.29, 0.717) is 17.3 Å². The van der Waals surface area contributed by atoms with Crippen LogP contribution in [-0.2, 0) is 14.3 Å². The summed E-state index contributed by atoms with van der Waals surface area (Å²) in [6.07, 6.45) is 6.52. The highest BCUT2D eigenvalue weighted by molar-refractivity contribution is 6.08. The quantitative estimate of drug-likeness (QED) is 0.582. The average Bonchev–Trinajstić information content (AvgIpc) is 3.19. The van der Waals surface area contributed by atoms with Crippen LogP contribution in [0.25, 0.3) is 0 Å². The Bertz CT molecular complexity index is 931. The first-order chi connectivity index (χ1) is 16.5. The lowest BCUT2D eigenvalue weighted by atomic mass is 9.94. The number of piperazine rings is 1. The maximum atomic E-state index is 13.0. The Hall–Kier alpha value is -2.91. The fourth-order valence-corrected chi connectivity index (χ4v) is 5.11. The number of carbonyl (C=O) groups excluding carboxylic acids is 3. The van der Waals surface area contributed by atoms with Crippen LogP contribution >= 0.6 is 0 Å². The lowest BCUT2D eigenvalue weighted by Crippen LogP contribution is -2.52. The summed E-state index contributed by atoms with van der Waals surface area (Å²) < 4.78 is 4.81. The van der Waals surface area contributed by atoms with Gasteiger partial charge in [-0.25, -0.2) is 4.79 Å². The summed E-state index contributed by atoms with van der Waals surface area (Å²) in [7, 11) is 1.27. The number of ether oxygens (including phenoxy) is 1. The van der Waals surface area contributed by atoms with Gasteiger partial charge in [0.2, 0.25) is 0 Å². The molecule has 0 unspecified atom stereocenters. The SMILES string of the molecule is COC(=O)C1=C(Nc2ccc(C(=O)N3CCN(C4CCCCC4)CC3)cc2)C(=O)N(CCO)C1. The summed E-state index contributed by atoms with van der Waals surface area (Å²) >= 11 is 0. The number of carbonyl (C=O) groups is 3. The largest absolute Gasteiger partial charge is 0.466 e. The van der Waals surface area contributed by atoms with Crippen molar-refractivity contribution in [3.63, 3.8) is 0 Å². The third-order valence-corrected chi connectivity index (χ3v) is 7.05. The Morgan fingerprint density at radius 2 is 1.74 bits per heavy atom. The van der Waals surface area contributed by atoms with Crippen molar-refractivity contribution < 1.29 is 24.2 Å². The van der Waals surface area contributed by atoms with Crippen LogP contribution in [-0.4, -0.2) is 96.6 Å². The van der Waals surface area contributed by atoms with Gasteiger partial charge >= 0.3 is 5.97 Å². The number of hydrogen-bond donors (Lipinski definition) is 2. The van der Waals surface area contributed by atoms with Gasteiger partial charge in [-0.05, 0) is 37.1 Å². The molecule has 4 rings (SSSR count). The molecule has 2 aliphatic heterocycles. The summed E-state index contributed by atoms with van der Waals surface area (Å²) in [6, 6.07) is 7.61. The topological polar surface area (TPSA) is 102 Å². The first-order valence-electron chi connectivity index (χ1n) is 12.1. The van der Waals surface area contributed by atoms with E-state index < -0.39 is 5.97 Å². The molecule has 0 atom stereocenters. The summed E-state index contributed by atoms with van der Waals surface area (Å²) in [5.41, 5.74) is 1.54. The van der Waals surface area contributed by atoms with E-state index in [4.69, 9.17) is 4.74 Å². The molecule has 2 N–H and O–H groups in total. The van der Waals surface area contributed by atoms with Crippen LogP contribution in [0.4, 0.5) is 5.69 Å². The molecule has 3 aliphatic rings. The molecule has 1 saturated heterocycles. The minimum atomic E-state index is -0.588. The first-order valence-corrected chi connectivity index (χ1v) is 12.1. The van der Waals surface area contributed by atoms with Crippen molar-refractivity contribution in [2.75, 3.05) is 58.3 Å². The normalized spacial score (nSPS) is 20.1. The second-order valence-corrected chi connectivity index (χ2v) is 9.12. The van der Waals surface area contributed by atoms with Crippen LogP contribution in [0.5, 0.6) is 0 Å². The summed E-state index contributed by atoms with van der Waals surface area (Å²) in [5, 5.41) is 12.2.